The first-order valence-electron chi connectivity index (χ1n) is 29.7. The van der Waals surface area contributed by atoms with Gasteiger partial charge in [-0.3, -0.25) is 14.4 Å². The van der Waals surface area contributed by atoms with Gasteiger partial charge in [-0.25, -0.2) is 0 Å². The van der Waals surface area contributed by atoms with Crippen LogP contribution >= 0.6 is 0 Å². The number of rotatable bonds is 54. The van der Waals surface area contributed by atoms with Crippen molar-refractivity contribution in [3.63, 3.8) is 0 Å². The van der Waals surface area contributed by atoms with E-state index in [-0.39, 0.29) is 31.1 Å². The van der Waals surface area contributed by atoms with E-state index < -0.39 is 6.10 Å². The topological polar surface area (TPSA) is 78.9 Å². The van der Waals surface area contributed by atoms with Crippen molar-refractivity contribution in [2.24, 2.45) is 11.8 Å². The molecule has 0 rings (SSSR count). The quantitative estimate of drug-likeness (QED) is 0.0343. The standard InChI is InChI=1S/C60H116O6/c1-6-7-8-9-10-11-12-13-18-23-26-31-37-42-47-52-60(63)66-57(54-65-59(62)51-46-41-36-32-27-29-34-39-44-49-56(4)5)53-64-58(61)50-45-40-35-30-25-22-20-17-15-14-16-19-21-24-28-33-38-43-48-55(2)3/h55-57H,6-54H2,1-5H3/t57-/m1/s1. The van der Waals surface area contributed by atoms with Crippen LogP contribution in [0.2, 0.25) is 0 Å². The lowest BCUT2D eigenvalue weighted by Crippen LogP contribution is -2.30. The summed E-state index contributed by atoms with van der Waals surface area (Å²) in [5, 5.41) is 0. The predicted octanol–water partition coefficient (Wildman–Crippen LogP) is 19.7. The molecule has 0 aliphatic carbocycles. The normalized spacial score (nSPS) is 12.0. The summed E-state index contributed by atoms with van der Waals surface area (Å²) in [5.41, 5.74) is 0. The Morgan fingerprint density at radius 3 is 0.742 bits per heavy atom. The van der Waals surface area contributed by atoms with Gasteiger partial charge in [0.1, 0.15) is 13.2 Å². The summed E-state index contributed by atoms with van der Waals surface area (Å²) >= 11 is 0. The first kappa shape index (κ1) is 64.4. The van der Waals surface area contributed by atoms with Crippen molar-refractivity contribution in [3.05, 3.63) is 0 Å². The minimum atomic E-state index is -0.763. The van der Waals surface area contributed by atoms with Crippen molar-refractivity contribution in [1.82, 2.24) is 0 Å². The zero-order valence-electron chi connectivity index (χ0n) is 45.3. The van der Waals surface area contributed by atoms with Gasteiger partial charge in [-0.1, -0.05) is 298 Å². The highest BCUT2D eigenvalue weighted by atomic mass is 16.6. The molecule has 6 nitrogen and oxygen atoms in total. The van der Waals surface area contributed by atoms with E-state index in [1.807, 2.05) is 0 Å². The van der Waals surface area contributed by atoms with Gasteiger partial charge >= 0.3 is 17.9 Å². The first-order valence-corrected chi connectivity index (χ1v) is 29.7. The average Bonchev–Trinajstić information content (AvgIpc) is 3.29. The molecule has 0 aliphatic rings. The van der Waals surface area contributed by atoms with Gasteiger partial charge in [0, 0.05) is 19.3 Å². The zero-order chi connectivity index (χ0) is 48.2. The minimum Gasteiger partial charge on any atom is -0.462 e. The van der Waals surface area contributed by atoms with Crippen LogP contribution in [0.25, 0.3) is 0 Å². The highest BCUT2D eigenvalue weighted by Crippen LogP contribution is 2.18. The van der Waals surface area contributed by atoms with Gasteiger partial charge in [-0.05, 0) is 31.1 Å². The lowest BCUT2D eigenvalue weighted by atomic mass is 10.0. The van der Waals surface area contributed by atoms with Gasteiger partial charge in [0.05, 0.1) is 0 Å². The average molecular weight is 934 g/mol. The number of hydrogen-bond donors (Lipinski definition) is 0. The van der Waals surface area contributed by atoms with Gasteiger partial charge < -0.3 is 14.2 Å². The number of carbonyl (C=O) groups excluding carboxylic acids is 3. The molecule has 0 aromatic carbocycles. The van der Waals surface area contributed by atoms with Gasteiger partial charge in [0.15, 0.2) is 6.10 Å². The number of unbranched alkanes of at least 4 members (excludes halogenated alkanes) is 39. The molecule has 0 spiro atoms. The Balaban J connectivity index is 4.23. The van der Waals surface area contributed by atoms with Crippen molar-refractivity contribution >= 4 is 17.9 Å². The smallest absolute Gasteiger partial charge is 0.306 e. The maximum Gasteiger partial charge on any atom is 0.306 e. The SMILES string of the molecule is CCCCCCCCCCCCCCCCCC(=O)O[C@H](COC(=O)CCCCCCCCCCCCCCCCCCCCC(C)C)COC(=O)CCCCCCCCCCCC(C)C. The van der Waals surface area contributed by atoms with E-state index in [2.05, 4.69) is 34.6 Å². The van der Waals surface area contributed by atoms with Crippen LogP contribution in [-0.2, 0) is 28.6 Å². The third-order valence-electron chi connectivity index (χ3n) is 13.7. The van der Waals surface area contributed by atoms with Gasteiger partial charge in [-0.15, -0.1) is 0 Å². The van der Waals surface area contributed by atoms with Crippen LogP contribution in [0.3, 0.4) is 0 Å². The van der Waals surface area contributed by atoms with Crippen molar-refractivity contribution in [2.45, 2.75) is 343 Å². The zero-order valence-corrected chi connectivity index (χ0v) is 45.3. The molecule has 0 heterocycles. The summed E-state index contributed by atoms with van der Waals surface area (Å²) in [6.45, 7) is 11.4. The molecule has 0 aromatic heterocycles. The van der Waals surface area contributed by atoms with E-state index in [0.29, 0.717) is 19.3 Å². The third-order valence-corrected chi connectivity index (χ3v) is 13.7. The summed E-state index contributed by atoms with van der Waals surface area (Å²) in [7, 11) is 0. The number of carbonyl (C=O) groups is 3. The Morgan fingerprint density at radius 2 is 0.500 bits per heavy atom. The summed E-state index contributed by atoms with van der Waals surface area (Å²) in [4.78, 5) is 38.1. The molecule has 6 heteroatoms. The maximum atomic E-state index is 12.8. The second-order valence-corrected chi connectivity index (χ2v) is 21.6. The number of ether oxygens (including phenoxy) is 3. The van der Waals surface area contributed by atoms with Crippen LogP contribution in [0.5, 0.6) is 0 Å². The fourth-order valence-electron chi connectivity index (χ4n) is 9.23. The van der Waals surface area contributed by atoms with Crippen LogP contribution in [-0.4, -0.2) is 37.2 Å². The molecule has 0 saturated carbocycles. The molecule has 0 fully saturated rings. The van der Waals surface area contributed by atoms with Gasteiger partial charge in [0.25, 0.3) is 0 Å². The van der Waals surface area contributed by atoms with E-state index in [1.165, 1.54) is 225 Å². The van der Waals surface area contributed by atoms with Gasteiger partial charge in [-0.2, -0.15) is 0 Å². The van der Waals surface area contributed by atoms with Crippen LogP contribution in [0.15, 0.2) is 0 Å². The Bertz CT molecular complexity index is 1010. The predicted molar refractivity (Wildman–Crippen MR) is 284 cm³/mol. The van der Waals surface area contributed by atoms with Crippen molar-refractivity contribution < 1.29 is 28.6 Å². The Labute approximate surface area is 412 Å². The number of esters is 3. The molecule has 1 atom stereocenters. The second kappa shape index (κ2) is 52.8. The molecular weight excluding hydrogens is 817 g/mol. The van der Waals surface area contributed by atoms with Crippen molar-refractivity contribution in [3.8, 4) is 0 Å². The third kappa shape index (κ3) is 53.4. The van der Waals surface area contributed by atoms with E-state index in [0.717, 1.165) is 69.6 Å². The molecule has 0 aliphatic heterocycles. The lowest BCUT2D eigenvalue weighted by molar-refractivity contribution is -0.167. The molecule has 0 radical (unpaired) electrons. The molecule has 0 saturated heterocycles. The van der Waals surface area contributed by atoms with E-state index in [4.69, 9.17) is 14.2 Å². The summed E-state index contributed by atoms with van der Waals surface area (Å²) in [5.74, 6) is 0.829. The molecular formula is C60H116O6. The monoisotopic (exact) mass is 933 g/mol. The highest BCUT2D eigenvalue weighted by Gasteiger charge is 2.19. The molecule has 0 unspecified atom stereocenters. The van der Waals surface area contributed by atoms with Crippen molar-refractivity contribution in [2.75, 3.05) is 13.2 Å². The van der Waals surface area contributed by atoms with Crippen LogP contribution in [0.1, 0.15) is 336 Å². The fraction of sp³-hybridized carbons (Fsp3) is 0.950. The Kier molecular flexibility index (Phi) is 51.5. The fourth-order valence-corrected chi connectivity index (χ4v) is 9.23. The van der Waals surface area contributed by atoms with Crippen molar-refractivity contribution in [1.29, 1.82) is 0 Å². The Hall–Kier alpha value is -1.59. The second-order valence-electron chi connectivity index (χ2n) is 21.6. The van der Waals surface area contributed by atoms with E-state index in [9.17, 15) is 14.4 Å². The Morgan fingerprint density at radius 1 is 0.288 bits per heavy atom. The van der Waals surface area contributed by atoms with E-state index >= 15 is 0 Å². The van der Waals surface area contributed by atoms with Crippen LogP contribution < -0.4 is 0 Å². The largest absolute Gasteiger partial charge is 0.462 e. The van der Waals surface area contributed by atoms with Crippen LogP contribution in [0, 0.1) is 11.8 Å². The maximum absolute atomic E-state index is 12.8. The first-order chi connectivity index (χ1) is 32.2. The van der Waals surface area contributed by atoms with Gasteiger partial charge in [0.2, 0.25) is 0 Å². The molecule has 0 N–H and O–H groups in total. The van der Waals surface area contributed by atoms with Crippen LogP contribution in [0.4, 0.5) is 0 Å². The summed E-state index contributed by atoms with van der Waals surface area (Å²) in [6, 6.07) is 0. The lowest BCUT2D eigenvalue weighted by Gasteiger charge is -2.18. The summed E-state index contributed by atoms with van der Waals surface area (Å²) in [6.07, 6.45) is 56.7. The molecule has 0 aromatic rings. The van der Waals surface area contributed by atoms with E-state index in [1.54, 1.807) is 0 Å². The highest BCUT2D eigenvalue weighted by molar-refractivity contribution is 5.71. The molecule has 0 amide bonds. The molecule has 66 heavy (non-hydrogen) atoms. The number of hydrogen-bond acceptors (Lipinski definition) is 6. The minimum absolute atomic E-state index is 0.0626. The molecule has 0 bridgehead atoms. The summed E-state index contributed by atoms with van der Waals surface area (Å²) < 4.78 is 16.9. The molecule has 392 valence electrons.